The molecule has 0 aliphatic carbocycles. The van der Waals surface area contributed by atoms with E-state index in [1.54, 1.807) is 24.3 Å². The molecule has 1 rings (SSSR count). The zero-order valence-corrected chi connectivity index (χ0v) is 32.4. The van der Waals surface area contributed by atoms with Crippen LogP contribution in [0.25, 0.3) is 0 Å². The SMILES string of the molecule is CCCCCCCCOC(=O)c1ccccc1C(=O)OCCCCCCCC.CCCCOC(=O)CCCCCCCCC(=O)OCCCC. The van der Waals surface area contributed by atoms with Crippen LogP contribution in [-0.4, -0.2) is 50.3 Å². The van der Waals surface area contributed by atoms with E-state index in [4.69, 9.17) is 18.9 Å². The minimum atomic E-state index is -0.444. The highest BCUT2D eigenvalue weighted by Gasteiger charge is 2.18. The average Bonchev–Trinajstić information content (AvgIpc) is 3.12. The lowest BCUT2D eigenvalue weighted by Crippen LogP contribution is -2.15. The zero-order valence-electron chi connectivity index (χ0n) is 32.4. The van der Waals surface area contributed by atoms with Crippen molar-refractivity contribution in [2.75, 3.05) is 26.4 Å². The Balaban J connectivity index is 0.000000991. The number of benzene rings is 1. The molecule has 0 atom stereocenters. The fraction of sp³-hybridized carbons (Fsp3) is 0.762. The van der Waals surface area contributed by atoms with Crippen LogP contribution < -0.4 is 0 Å². The van der Waals surface area contributed by atoms with E-state index >= 15 is 0 Å². The smallest absolute Gasteiger partial charge is 0.339 e. The van der Waals surface area contributed by atoms with Crippen molar-refractivity contribution in [3.05, 3.63) is 35.4 Å². The molecular formula is C42H72O8. The van der Waals surface area contributed by atoms with E-state index in [9.17, 15) is 19.2 Å². The molecule has 0 spiro atoms. The molecule has 8 heteroatoms. The summed E-state index contributed by atoms with van der Waals surface area (Å²) in [7, 11) is 0. The summed E-state index contributed by atoms with van der Waals surface area (Å²) in [6, 6.07) is 6.74. The second-order valence-electron chi connectivity index (χ2n) is 13.1. The van der Waals surface area contributed by atoms with Crippen molar-refractivity contribution in [1.82, 2.24) is 0 Å². The molecule has 0 saturated carbocycles. The van der Waals surface area contributed by atoms with Gasteiger partial charge in [-0.3, -0.25) is 9.59 Å². The van der Waals surface area contributed by atoms with E-state index < -0.39 is 11.9 Å². The number of unbranched alkanes of at least 4 members (excludes halogenated alkanes) is 17. The molecule has 1 aromatic rings. The van der Waals surface area contributed by atoms with Gasteiger partial charge in [0.25, 0.3) is 0 Å². The van der Waals surface area contributed by atoms with Crippen LogP contribution in [0.4, 0.5) is 0 Å². The van der Waals surface area contributed by atoms with Gasteiger partial charge >= 0.3 is 23.9 Å². The third kappa shape index (κ3) is 28.9. The molecule has 0 amide bonds. The van der Waals surface area contributed by atoms with Crippen molar-refractivity contribution in [2.24, 2.45) is 0 Å². The van der Waals surface area contributed by atoms with Crippen LogP contribution in [0.3, 0.4) is 0 Å². The van der Waals surface area contributed by atoms with Crippen molar-refractivity contribution in [3.8, 4) is 0 Å². The lowest BCUT2D eigenvalue weighted by atomic mass is 10.1. The molecule has 0 bridgehead atoms. The predicted octanol–water partition coefficient (Wildman–Crippen LogP) is 11.5. The Kier molecular flexibility index (Phi) is 33.8. The van der Waals surface area contributed by atoms with Gasteiger partial charge in [-0.15, -0.1) is 0 Å². The second kappa shape index (κ2) is 35.9. The lowest BCUT2D eigenvalue weighted by molar-refractivity contribution is -0.144. The van der Waals surface area contributed by atoms with E-state index in [0.29, 0.717) is 50.4 Å². The summed E-state index contributed by atoms with van der Waals surface area (Å²) in [4.78, 5) is 47.4. The maximum Gasteiger partial charge on any atom is 0.339 e. The summed E-state index contributed by atoms with van der Waals surface area (Å²) in [6.45, 7) is 10.5. The first-order valence-corrected chi connectivity index (χ1v) is 20.2. The highest BCUT2D eigenvalue weighted by atomic mass is 16.5. The molecular weight excluding hydrogens is 632 g/mol. The van der Waals surface area contributed by atoms with Gasteiger partial charge in [-0.2, -0.15) is 0 Å². The van der Waals surface area contributed by atoms with Gasteiger partial charge in [-0.1, -0.05) is 143 Å². The predicted molar refractivity (Wildman–Crippen MR) is 202 cm³/mol. The maximum absolute atomic E-state index is 12.4. The fourth-order valence-corrected chi connectivity index (χ4v) is 5.14. The monoisotopic (exact) mass is 705 g/mol. The molecule has 0 fully saturated rings. The third-order valence-electron chi connectivity index (χ3n) is 8.36. The number of carbonyl (C=O) groups excluding carboxylic acids is 4. The summed E-state index contributed by atoms with van der Waals surface area (Å²) in [6.07, 6.45) is 24.9. The minimum Gasteiger partial charge on any atom is -0.466 e. The first kappa shape index (κ1) is 47.1. The lowest BCUT2D eigenvalue weighted by Gasteiger charge is -2.10. The standard InChI is InChI=1S/C24H38O4.C18H34O4/c1-3-5-7-9-11-15-19-27-23(25)21-17-13-14-18-22(21)24(26)28-20-16-12-10-8-6-4-2;1-3-5-15-21-17(19)13-11-9-7-8-10-12-14-18(20)22-16-6-4-2/h13-14,17-18H,3-12,15-16,19-20H2,1-2H3;3-16H2,1-2H3. The Bertz CT molecular complexity index is 899. The van der Waals surface area contributed by atoms with Gasteiger partial charge in [0.1, 0.15) is 0 Å². The van der Waals surface area contributed by atoms with Crippen LogP contribution in [-0.2, 0) is 28.5 Å². The second-order valence-corrected chi connectivity index (χ2v) is 13.1. The average molecular weight is 705 g/mol. The van der Waals surface area contributed by atoms with Crippen LogP contribution in [0.1, 0.15) is 203 Å². The van der Waals surface area contributed by atoms with Crippen molar-refractivity contribution < 1.29 is 38.1 Å². The normalized spacial score (nSPS) is 10.6. The summed E-state index contributed by atoms with van der Waals surface area (Å²) < 4.78 is 20.9. The van der Waals surface area contributed by atoms with E-state index in [-0.39, 0.29) is 11.9 Å². The third-order valence-corrected chi connectivity index (χ3v) is 8.36. The van der Waals surface area contributed by atoms with Crippen molar-refractivity contribution in [1.29, 1.82) is 0 Å². The molecule has 0 radical (unpaired) electrons. The van der Waals surface area contributed by atoms with Gasteiger partial charge in [0.15, 0.2) is 0 Å². The molecule has 0 aliphatic rings. The fourth-order valence-electron chi connectivity index (χ4n) is 5.14. The van der Waals surface area contributed by atoms with Crippen molar-refractivity contribution >= 4 is 23.9 Å². The number of rotatable bonds is 31. The van der Waals surface area contributed by atoms with Gasteiger partial charge in [-0.05, 0) is 50.7 Å². The molecule has 0 N–H and O–H groups in total. The van der Waals surface area contributed by atoms with Gasteiger partial charge in [0, 0.05) is 12.8 Å². The molecule has 0 unspecified atom stereocenters. The minimum absolute atomic E-state index is 0.0664. The van der Waals surface area contributed by atoms with Gasteiger partial charge in [-0.25, -0.2) is 9.59 Å². The topological polar surface area (TPSA) is 105 Å². The quantitative estimate of drug-likeness (QED) is 0.0427. The Morgan fingerprint density at radius 2 is 0.680 bits per heavy atom. The Labute approximate surface area is 305 Å². The molecule has 0 saturated heterocycles. The van der Waals surface area contributed by atoms with Crippen molar-refractivity contribution in [2.45, 2.75) is 182 Å². The summed E-state index contributed by atoms with van der Waals surface area (Å²) in [5.41, 5.74) is 0.586. The number of esters is 4. The summed E-state index contributed by atoms with van der Waals surface area (Å²) in [5, 5.41) is 0. The Hall–Kier alpha value is -2.90. The summed E-state index contributed by atoms with van der Waals surface area (Å²) in [5.74, 6) is -1.02. The first-order chi connectivity index (χ1) is 24.4. The molecule has 0 aliphatic heterocycles. The highest BCUT2D eigenvalue weighted by Crippen LogP contribution is 2.14. The number of hydrogen-bond acceptors (Lipinski definition) is 8. The molecule has 50 heavy (non-hydrogen) atoms. The Morgan fingerprint density at radius 3 is 1.04 bits per heavy atom. The molecule has 288 valence electrons. The van der Waals surface area contributed by atoms with E-state index in [0.717, 1.165) is 89.9 Å². The van der Waals surface area contributed by atoms with Crippen LogP contribution in [0, 0.1) is 0 Å². The van der Waals surface area contributed by atoms with Crippen LogP contribution in [0.2, 0.25) is 0 Å². The van der Waals surface area contributed by atoms with Crippen LogP contribution >= 0.6 is 0 Å². The molecule has 1 aromatic carbocycles. The summed E-state index contributed by atoms with van der Waals surface area (Å²) >= 11 is 0. The zero-order chi connectivity index (χ0) is 36.9. The number of ether oxygens (including phenoxy) is 4. The van der Waals surface area contributed by atoms with Gasteiger partial charge < -0.3 is 18.9 Å². The van der Waals surface area contributed by atoms with E-state index in [1.807, 2.05) is 0 Å². The van der Waals surface area contributed by atoms with E-state index in [1.165, 1.54) is 51.4 Å². The Morgan fingerprint density at radius 1 is 0.380 bits per heavy atom. The van der Waals surface area contributed by atoms with E-state index in [2.05, 4.69) is 27.7 Å². The number of carbonyl (C=O) groups is 4. The van der Waals surface area contributed by atoms with Crippen molar-refractivity contribution in [3.63, 3.8) is 0 Å². The maximum atomic E-state index is 12.4. The first-order valence-electron chi connectivity index (χ1n) is 20.2. The van der Waals surface area contributed by atoms with Crippen LogP contribution in [0.15, 0.2) is 24.3 Å². The highest BCUT2D eigenvalue weighted by molar-refractivity contribution is 6.03. The van der Waals surface area contributed by atoms with Crippen LogP contribution in [0.5, 0.6) is 0 Å². The molecule has 0 heterocycles. The van der Waals surface area contributed by atoms with Gasteiger partial charge in [0.05, 0.1) is 37.6 Å². The molecule has 0 aromatic heterocycles. The largest absolute Gasteiger partial charge is 0.466 e. The van der Waals surface area contributed by atoms with Gasteiger partial charge in [0.2, 0.25) is 0 Å². The molecule has 8 nitrogen and oxygen atoms in total. The number of hydrogen-bond donors (Lipinski definition) is 0.